The van der Waals surface area contributed by atoms with Gasteiger partial charge in [-0.25, -0.2) is 0 Å². The lowest BCUT2D eigenvalue weighted by Crippen LogP contribution is -2.35. The number of cyclic esters (lactones) is 1. The summed E-state index contributed by atoms with van der Waals surface area (Å²) in [6, 6.07) is 16.6. The van der Waals surface area contributed by atoms with Gasteiger partial charge < -0.3 is 4.74 Å². The summed E-state index contributed by atoms with van der Waals surface area (Å²) >= 11 is 0. The third kappa shape index (κ3) is 1.67. The van der Waals surface area contributed by atoms with Crippen LogP contribution in [0.3, 0.4) is 0 Å². The van der Waals surface area contributed by atoms with E-state index in [9.17, 15) is 4.79 Å². The highest BCUT2D eigenvalue weighted by Crippen LogP contribution is 2.43. The fourth-order valence-electron chi connectivity index (χ4n) is 3.18. The third-order valence-electron chi connectivity index (χ3n) is 4.14. The molecule has 1 saturated heterocycles. The highest BCUT2D eigenvalue weighted by molar-refractivity contribution is 5.80. The number of carbonyl (C=O) groups excluding carboxylic acids is 1. The molecule has 3 nitrogen and oxygen atoms in total. The van der Waals surface area contributed by atoms with Crippen molar-refractivity contribution < 1.29 is 9.53 Å². The molecule has 2 aromatic rings. The Labute approximate surface area is 117 Å². The van der Waals surface area contributed by atoms with E-state index in [1.807, 2.05) is 12.1 Å². The maximum atomic E-state index is 11.7. The quantitative estimate of drug-likeness (QED) is 0.848. The maximum absolute atomic E-state index is 11.7. The summed E-state index contributed by atoms with van der Waals surface area (Å²) in [5.74, 6) is -0.133. The number of benzene rings is 2. The van der Waals surface area contributed by atoms with Gasteiger partial charge in [0, 0.05) is 6.42 Å². The minimum absolute atomic E-state index is 0.0815. The van der Waals surface area contributed by atoms with Gasteiger partial charge in [0.15, 0.2) is 0 Å². The van der Waals surface area contributed by atoms with Gasteiger partial charge in [-0.2, -0.15) is 0 Å². The molecule has 0 saturated carbocycles. The number of nitrogens with one attached hydrogen (secondary N) is 1. The average molecular weight is 265 g/mol. The molecular weight excluding hydrogens is 250 g/mol. The molecule has 1 heterocycles. The monoisotopic (exact) mass is 265 g/mol. The Morgan fingerprint density at radius 1 is 0.950 bits per heavy atom. The van der Waals surface area contributed by atoms with E-state index in [2.05, 4.69) is 41.7 Å². The second-order valence-electron chi connectivity index (χ2n) is 5.28. The first kappa shape index (κ1) is 11.7. The van der Waals surface area contributed by atoms with Crippen LogP contribution in [-0.2, 0) is 9.53 Å². The van der Waals surface area contributed by atoms with Crippen LogP contribution in [0.1, 0.15) is 23.6 Å². The average Bonchev–Trinajstić information content (AvgIpc) is 3.03. The van der Waals surface area contributed by atoms with Gasteiger partial charge in [-0.15, -0.1) is 0 Å². The molecule has 0 radical (unpaired) electrons. The van der Waals surface area contributed by atoms with Crippen molar-refractivity contribution in [2.24, 2.45) is 0 Å². The van der Waals surface area contributed by atoms with Gasteiger partial charge in [-0.05, 0) is 22.3 Å². The minimum Gasteiger partial charge on any atom is -0.464 e. The van der Waals surface area contributed by atoms with Crippen molar-refractivity contribution in [3.63, 3.8) is 0 Å². The van der Waals surface area contributed by atoms with Gasteiger partial charge in [0.2, 0.25) is 0 Å². The van der Waals surface area contributed by atoms with Crippen molar-refractivity contribution >= 4 is 5.97 Å². The Morgan fingerprint density at radius 3 is 2.10 bits per heavy atom. The van der Waals surface area contributed by atoms with E-state index in [0.717, 1.165) is 6.42 Å². The summed E-state index contributed by atoms with van der Waals surface area (Å²) in [5.41, 5.74) is 5.00. The maximum Gasteiger partial charge on any atom is 0.323 e. The molecule has 0 unspecified atom stereocenters. The Kier molecular flexibility index (Phi) is 2.60. The second-order valence-corrected chi connectivity index (χ2v) is 5.28. The number of fused-ring (bicyclic) bond motifs is 3. The Bertz CT molecular complexity index is 635. The molecule has 1 N–H and O–H groups in total. The molecule has 20 heavy (non-hydrogen) atoms. The standard InChI is InChI=1S/C17H15NO2/c19-17-15(9-10-20-17)18-16-13-7-3-1-5-11(13)12-6-2-4-8-14(12)16/h1-8,15-16,18H,9-10H2/t15-/m1/s1. The summed E-state index contributed by atoms with van der Waals surface area (Å²) in [5, 5.41) is 3.47. The topological polar surface area (TPSA) is 38.3 Å². The fourth-order valence-corrected chi connectivity index (χ4v) is 3.18. The van der Waals surface area contributed by atoms with Gasteiger partial charge in [0.1, 0.15) is 6.04 Å². The second kappa shape index (κ2) is 4.46. The number of hydrogen-bond acceptors (Lipinski definition) is 3. The van der Waals surface area contributed by atoms with Crippen molar-refractivity contribution in [1.29, 1.82) is 0 Å². The molecule has 2 aliphatic rings. The summed E-state index contributed by atoms with van der Waals surface area (Å²) in [4.78, 5) is 11.7. The number of rotatable bonds is 2. The van der Waals surface area contributed by atoms with E-state index >= 15 is 0 Å². The first-order valence-corrected chi connectivity index (χ1v) is 6.95. The number of hydrogen-bond donors (Lipinski definition) is 1. The molecule has 0 spiro atoms. The van der Waals surface area contributed by atoms with Crippen LogP contribution >= 0.6 is 0 Å². The zero-order valence-electron chi connectivity index (χ0n) is 11.0. The Morgan fingerprint density at radius 2 is 1.55 bits per heavy atom. The van der Waals surface area contributed by atoms with E-state index < -0.39 is 0 Å². The van der Waals surface area contributed by atoms with E-state index in [1.165, 1.54) is 22.3 Å². The molecule has 1 aliphatic heterocycles. The van der Waals surface area contributed by atoms with Crippen molar-refractivity contribution in [1.82, 2.24) is 5.32 Å². The van der Waals surface area contributed by atoms with Crippen molar-refractivity contribution in [3.8, 4) is 11.1 Å². The normalized spacial score (nSPS) is 20.6. The van der Waals surface area contributed by atoms with Gasteiger partial charge in [-0.3, -0.25) is 10.1 Å². The number of ether oxygens (including phenoxy) is 1. The van der Waals surface area contributed by atoms with Crippen LogP contribution in [0.15, 0.2) is 48.5 Å². The summed E-state index contributed by atoms with van der Waals surface area (Å²) in [6.45, 7) is 0.520. The fraction of sp³-hybridized carbons (Fsp3) is 0.235. The van der Waals surface area contributed by atoms with Gasteiger partial charge in [-0.1, -0.05) is 48.5 Å². The lowest BCUT2D eigenvalue weighted by molar-refractivity contribution is -0.139. The van der Waals surface area contributed by atoms with Crippen molar-refractivity contribution in [2.75, 3.05) is 6.61 Å². The summed E-state index contributed by atoms with van der Waals surface area (Å²) in [6.07, 6.45) is 0.750. The van der Waals surface area contributed by atoms with Crippen LogP contribution in [0.4, 0.5) is 0 Å². The largest absolute Gasteiger partial charge is 0.464 e. The molecule has 4 rings (SSSR count). The SMILES string of the molecule is O=C1OCC[C@H]1NC1c2ccccc2-c2ccccc21. The van der Waals surface area contributed by atoms with Gasteiger partial charge in [0.05, 0.1) is 12.6 Å². The number of carbonyl (C=O) groups is 1. The van der Waals surface area contributed by atoms with Crippen LogP contribution in [-0.4, -0.2) is 18.6 Å². The summed E-state index contributed by atoms with van der Waals surface area (Å²) in [7, 11) is 0. The molecule has 1 aliphatic carbocycles. The van der Waals surface area contributed by atoms with E-state index in [4.69, 9.17) is 4.74 Å². The molecule has 2 aromatic carbocycles. The molecule has 0 bridgehead atoms. The molecule has 3 heteroatoms. The predicted molar refractivity (Wildman–Crippen MR) is 76.2 cm³/mol. The third-order valence-corrected chi connectivity index (χ3v) is 4.14. The minimum atomic E-state index is -0.195. The molecular formula is C17H15NO2. The lowest BCUT2D eigenvalue weighted by Gasteiger charge is -2.18. The van der Waals surface area contributed by atoms with Crippen LogP contribution in [0, 0.1) is 0 Å². The highest BCUT2D eigenvalue weighted by atomic mass is 16.5. The predicted octanol–water partition coefficient (Wildman–Crippen LogP) is 2.66. The number of esters is 1. The zero-order valence-corrected chi connectivity index (χ0v) is 11.0. The Balaban J connectivity index is 1.77. The lowest BCUT2D eigenvalue weighted by atomic mass is 10.0. The molecule has 100 valence electrons. The van der Waals surface area contributed by atoms with E-state index in [0.29, 0.717) is 6.61 Å². The van der Waals surface area contributed by atoms with Crippen molar-refractivity contribution in [3.05, 3.63) is 59.7 Å². The molecule has 1 atom stereocenters. The molecule has 1 fully saturated rings. The Hall–Kier alpha value is -2.13. The van der Waals surface area contributed by atoms with Crippen LogP contribution < -0.4 is 5.32 Å². The smallest absolute Gasteiger partial charge is 0.323 e. The first-order valence-electron chi connectivity index (χ1n) is 6.95. The van der Waals surface area contributed by atoms with E-state index in [-0.39, 0.29) is 18.1 Å². The van der Waals surface area contributed by atoms with Crippen LogP contribution in [0.5, 0.6) is 0 Å². The van der Waals surface area contributed by atoms with Crippen LogP contribution in [0.2, 0.25) is 0 Å². The van der Waals surface area contributed by atoms with Crippen LogP contribution in [0.25, 0.3) is 11.1 Å². The van der Waals surface area contributed by atoms with Gasteiger partial charge in [0.25, 0.3) is 0 Å². The zero-order chi connectivity index (χ0) is 13.5. The van der Waals surface area contributed by atoms with Crippen molar-refractivity contribution in [2.45, 2.75) is 18.5 Å². The molecule has 0 amide bonds. The van der Waals surface area contributed by atoms with E-state index in [1.54, 1.807) is 0 Å². The summed E-state index contributed by atoms with van der Waals surface area (Å²) < 4.78 is 5.05. The highest BCUT2D eigenvalue weighted by Gasteiger charge is 2.34. The first-order chi connectivity index (χ1) is 9.84. The van der Waals surface area contributed by atoms with Gasteiger partial charge >= 0.3 is 5.97 Å². The molecule has 0 aromatic heterocycles.